The molecule has 2 aromatic rings. The zero-order valence-corrected chi connectivity index (χ0v) is 15.0. The average Bonchev–Trinajstić information content (AvgIpc) is 3.04. The van der Waals surface area contributed by atoms with Gasteiger partial charge in [0.25, 0.3) is 5.91 Å². The highest BCUT2D eigenvalue weighted by Crippen LogP contribution is 2.39. The molecule has 4 rings (SSSR count). The smallest absolute Gasteiger partial charge is 0.258 e. The molecule has 0 unspecified atom stereocenters. The standard InChI is InChI=1S/C19H14N2O5S/c1-24-25-26-27-11-8-6-10(7-9-11)17-15-14(19(23)21-17)16(20)12-4-2-3-5-13(12)18(15)22/h2-9H,20H2,1H3,(H,21,23). The summed E-state index contributed by atoms with van der Waals surface area (Å²) in [7, 11) is 1.33. The van der Waals surface area contributed by atoms with Crippen molar-refractivity contribution in [3.8, 4) is 0 Å². The second-order valence-corrected chi connectivity index (χ2v) is 6.55. The van der Waals surface area contributed by atoms with Crippen LogP contribution in [0.1, 0.15) is 21.5 Å². The summed E-state index contributed by atoms with van der Waals surface area (Å²) in [6.45, 7) is 0. The zero-order valence-electron chi connectivity index (χ0n) is 14.1. The average molecular weight is 382 g/mol. The van der Waals surface area contributed by atoms with Gasteiger partial charge in [0, 0.05) is 16.0 Å². The van der Waals surface area contributed by atoms with Crippen LogP contribution in [-0.2, 0) is 19.1 Å². The number of amides is 1. The maximum absolute atomic E-state index is 13.0. The molecule has 1 amide bonds. The van der Waals surface area contributed by atoms with E-state index in [1.165, 1.54) is 7.11 Å². The number of fused-ring (bicyclic) bond motifs is 2. The third-order valence-electron chi connectivity index (χ3n) is 4.29. The highest BCUT2D eigenvalue weighted by Gasteiger charge is 2.39. The van der Waals surface area contributed by atoms with Crippen LogP contribution in [0.2, 0.25) is 0 Å². The van der Waals surface area contributed by atoms with Crippen molar-refractivity contribution in [2.75, 3.05) is 7.11 Å². The molecule has 8 heteroatoms. The van der Waals surface area contributed by atoms with E-state index >= 15 is 0 Å². The molecule has 7 nitrogen and oxygen atoms in total. The second-order valence-electron chi connectivity index (χ2n) is 5.78. The minimum atomic E-state index is -0.379. The molecule has 1 heterocycles. The van der Waals surface area contributed by atoms with Crippen molar-refractivity contribution in [3.63, 3.8) is 0 Å². The van der Waals surface area contributed by atoms with Crippen molar-refractivity contribution in [2.24, 2.45) is 5.73 Å². The summed E-state index contributed by atoms with van der Waals surface area (Å²) >= 11 is 0.964. The summed E-state index contributed by atoms with van der Waals surface area (Å²) in [4.78, 5) is 30.6. The summed E-state index contributed by atoms with van der Waals surface area (Å²) in [6, 6.07) is 14.1. The Hall–Kier alpha value is -2.91. The molecule has 1 aliphatic carbocycles. The van der Waals surface area contributed by atoms with Gasteiger partial charge < -0.3 is 11.1 Å². The van der Waals surface area contributed by atoms with E-state index < -0.39 is 0 Å². The Morgan fingerprint density at radius 3 is 2.37 bits per heavy atom. The molecule has 2 aliphatic rings. The first-order valence-corrected chi connectivity index (χ1v) is 8.70. The molecule has 0 spiro atoms. The minimum Gasteiger partial charge on any atom is -0.398 e. The number of ketones is 1. The van der Waals surface area contributed by atoms with Gasteiger partial charge in [-0.2, -0.15) is 0 Å². The minimum absolute atomic E-state index is 0.224. The quantitative estimate of drug-likeness (QED) is 0.355. The van der Waals surface area contributed by atoms with Crippen LogP contribution < -0.4 is 11.1 Å². The van der Waals surface area contributed by atoms with Gasteiger partial charge in [0.05, 0.1) is 41.7 Å². The topological polar surface area (TPSA) is 99.9 Å². The van der Waals surface area contributed by atoms with Gasteiger partial charge in [-0.15, -0.1) is 4.33 Å². The molecule has 0 radical (unpaired) electrons. The van der Waals surface area contributed by atoms with Crippen molar-refractivity contribution in [3.05, 3.63) is 76.4 Å². The van der Waals surface area contributed by atoms with E-state index in [-0.39, 0.29) is 17.3 Å². The molecule has 0 aromatic heterocycles. The molecule has 2 aromatic carbocycles. The molecule has 27 heavy (non-hydrogen) atoms. The fraction of sp³-hybridized carbons (Fsp3) is 0.0526. The van der Waals surface area contributed by atoms with Crippen LogP contribution in [0, 0.1) is 0 Å². The highest BCUT2D eigenvalue weighted by atomic mass is 32.2. The van der Waals surface area contributed by atoms with Crippen LogP contribution in [0.4, 0.5) is 0 Å². The van der Waals surface area contributed by atoms with Crippen LogP contribution in [0.5, 0.6) is 0 Å². The maximum Gasteiger partial charge on any atom is 0.258 e. The largest absolute Gasteiger partial charge is 0.398 e. The lowest BCUT2D eigenvalue weighted by Gasteiger charge is -2.18. The van der Waals surface area contributed by atoms with E-state index in [0.29, 0.717) is 33.7 Å². The number of benzene rings is 2. The summed E-state index contributed by atoms with van der Waals surface area (Å²) in [5.74, 6) is -0.603. The molecule has 0 saturated carbocycles. The van der Waals surface area contributed by atoms with Gasteiger partial charge in [-0.25, -0.2) is 4.89 Å². The molecule has 0 bridgehead atoms. The lowest BCUT2D eigenvalue weighted by atomic mass is 9.84. The number of carbonyl (C=O) groups excluding carboxylic acids is 2. The van der Waals surface area contributed by atoms with Crippen molar-refractivity contribution < 1.29 is 23.8 Å². The number of hydrogen-bond donors (Lipinski definition) is 2. The Bertz CT molecular complexity index is 1010. The van der Waals surface area contributed by atoms with Crippen molar-refractivity contribution in [1.29, 1.82) is 0 Å². The summed E-state index contributed by atoms with van der Waals surface area (Å²) < 4.78 is 4.74. The highest BCUT2D eigenvalue weighted by molar-refractivity contribution is 7.94. The Morgan fingerprint density at radius 2 is 1.67 bits per heavy atom. The lowest BCUT2D eigenvalue weighted by molar-refractivity contribution is -0.447. The fourth-order valence-corrected chi connectivity index (χ4v) is 3.53. The maximum atomic E-state index is 13.0. The molecule has 0 fully saturated rings. The monoisotopic (exact) mass is 382 g/mol. The lowest BCUT2D eigenvalue weighted by Crippen LogP contribution is -2.22. The number of Topliss-reactive ketones (excluding diaryl/α,β-unsaturated/α-hetero) is 1. The Balaban J connectivity index is 1.75. The van der Waals surface area contributed by atoms with Gasteiger partial charge in [0.2, 0.25) is 0 Å². The van der Waals surface area contributed by atoms with E-state index in [2.05, 4.69) is 15.2 Å². The van der Waals surface area contributed by atoms with Gasteiger partial charge in [0.15, 0.2) is 5.78 Å². The Labute approximate surface area is 158 Å². The SMILES string of the molecule is COOOSc1ccc(C2=C3C(=O)c4ccccc4C(N)=C3C(=O)N2)cc1. The third-order valence-corrected chi connectivity index (χ3v) is 4.88. The van der Waals surface area contributed by atoms with E-state index in [9.17, 15) is 9.59 Å². The first-order chi connectivity index (χ1) is 13.1. The van der Waals surface area contributed by atoms with E-state index in [1.54, 1.807) is 48.5 Å². The molecular formula is C19H14N2O5S. The summed E-state index contributed by atoms with van der Waals surface area (Å²) in [5, 5.41) is 7.12. The van der Waals surface area contributed by atoms with Crippen LogP contribution in [0.25, 0.3) is 11.4 Å². The number of nitrogens with two attached hydrogens (primary N) is 1. The van der Waals surface area contributed by atoms with Gasteiger partial charge in [0.1, 0.15) is 0 Å². The number of rotatable bonds is 5. The molecule has 136 valence electrons. The van der Waals surface area contributed by atoms with Gasteiger partial charge >= 0.3 is 0 Å². The molecule has 3 N–H and O–H groups in total. The predicted octanol–water partition coefficient (Wildman–Crippen LogP) is 2.61. The van der Waals surface area contributed by atoms with E-state index in [0.717, 1.165) is 16.9 Å². The summed E-state index contributed by atoms with van der Waals surface area (Å²) in [6.07, 6.45) is 0. The third kappa shape index (κ3) is 2.94. The molecule has 0 saturated heterocycles. The van der Waals surface area contributed by atoms with Gasteiger partial charge in [-0.05, 0) is 17.7 Å². The Kier molecular flexibility index (Phi) is 4.54. The number of nitrogens with one attached hydrogen (secondary N) is 1. The first kappa shape index (κ1) is 17.5. The zero-order chi connectivity index (χ0) is 19.0. The first-order valence-electron chi connectivity index (χ1n) is 7.96. The van der Waals surface area contributed by atoms with Crippen LogP contribution in [0.3, 0.4) is 0 Å². The van der Waals surface area contributed by atoms with Gasteiger partial charge in [-0.3, -0.25) is 9.59 Å². The van der Waals surface area contributed by atoms with Crippen LogP contribution >= 0.6 is 12.0 Å². The van der Waals surface area contributed by atoms with Crippen molar-refractivity contribution >= 4 is 35.1 Å². The molecule has 1 aliphatic heterocycles. The summed E-state index contributed by atoms with van der Waals surface area (Å²) in [5.41, 5.74) is 9.24. The second kappa shape index (κ2) is 7.01. The number of carbonyl (C=O) groups is 2. The Morgan fingerprint density at radius 1 is 0.963 bits per heavy atom. The van der Waals surface area contributed by atoms with E-state index in [1.807, 2.05) is 0 Å². The van der Waals surface area contributed by atoms with Gasteiger partial charge in [-0.1, -0.05) is 41.4 Å². The van der Waals surface area contributed by atoms with E-state index in [4.69, 9.17) is 10.1 Å². The van der Waals surface area contributed by atoms with Crippen molar-refractivity contribution in [2.45, 2.75) is 4.90 Å². The normalized spacial score (nSPS) is 15.7. The fourth-order valence-electron chi connectivity index (χ4n) is 3.12. The molecular weight excluding hydrogens is 368 g/mol. The van der Waals surface area contributed by atoms with Crippen LogP contribution in [-0.4, -0.2) is 18.8 Å². The molecule has 0 atom stereocenters. The van der Waals surface area contributed by atoms with Crippen LogP contribution in [0.15, 0.2) is 64.6 Å². The van der Waals surface area contributed by atoms with Crippen molar-refractivity contribution in [1.82, 2.24) is 5.32 Å². The predicted molar refractivity (Wildman–Crippen MR) is 98.4 cm³/mol. The number of hydrogen-bond acceptors (Lipinski definition) is 7.